The van der Waals surface area contributed by atoms with Crippen LogP contribution in [0.25, 0.3) is 0 Å². The van der Waals surface area contributed by atoms with E-state index in [0.29, 0.717) is 0 Å². The topological polar surface area (TPSA) is 94.8 Å². The highest BCUT2D eigenvalue weighted by atomic mass is 16.4. The Morgan fingerprint density at radius 2 is 1.93 bits per heavy atom. The average molecular weight is 196 g/mol. The van der Waals surface area contributed by atoms with E-state index in [9.17, 15) is 19.8 Å². The minimum absolute atomic E-state index is 0.0531. The van der Waals surface area contributed by atoms with Crippen molar-refractivity contribution in [3.8, 4) is 11.5 Å². The van der Waals surface area contributed by atoms with E-state index in [2.05, 4.69) is 0 Å². The zero-order chi connectivity index (χ0) is 10.9. The van der Waals surface area contributed by atoms with Gasteiger partial charge in [0.25, 0.3) is 0 Å². The summed E-state index contributed by atoms with van der Waals surface area (Å²) in [7, 11) is 0. The number of aromatic hydroxyl groups is 2. The van der Waals surface area contributed by atoms with E-state index < -0.39 is 11.7 Å². The van der Waals surface area contributed by atoms with E-state index in [-0.39, 0.29) is 28.7 Å². The first-order chi connectivity index (χ1) is 6.49. The van der Waals surface area contributed by atoms with Crippen molar-refractivity contribution >= 4 is 12.3 Å². The van der Waals surface area contributed by atoms with Crippen LogP contribution in [-0.2, 0) is 0 Å². The zero-order valence-corrected chi connectivity index (χ0v) is 7.31. The molecule has 74 valence electrons. The molecular weight excluding hydrogens is 188 g/mol. The molecule has 0 unspecified atom stereocenters. The van der Waals surface area contributed by atoms with E-state index >= 15 is 0 Å². The first-order valence-corrected chi connectivity index (χ1v) is 3.73. The summed E-state index contributed by atoms with van der Waals surface area (Å²) in [6, 6.07) is 0.936. The molecule has 0 aliphatic rings. The van der Waals surface area contributed by atoms with Crippen molar-refractivity contribution in [3.63, 3.8) is 0 Å². The van der Waals surface area contributed by atoms with Crippen LogP contribution in [0.1, 0.15) is 26.3 Å². The highest BCUT2D eigenvalue weighted by Crippen LogP contribution is 2.30. The van der Waals surface area contributed by atoms with Gasteiger partial charge < -0.3 is 15.3 Å². The first kappa shape index (κ1) is 10.0. The summed E-state index contributed by atoms with van der Waals surface area (Å²) in [5, 5.41) is 27.1. The van der Waals surface area contributed by atoms with E-state index in [1.54, 1.807) is 0 Å². The molecule has 0 fully saturated rings. The van der Waals surface area contributed by atoms with Gasteiger partial charge in [0.1, 0.15) is 11.5 Å². The second kappa shape index (κ2) is 3.37. The van der Waals surface area contributed by atoms with Crippen LogP contribution >= 0.6 is 0 Å². The van der Waals surface area contributed by atoms with Gasteiger partial charge in [-0.2, -0.15) is 0 Å². The molecule has 0 radical (unpaired) electrons. The molecule has 0 amide bonds. The number of carbonyl (C=O) groups excluding carboxylic acids is 1. The van der Waals surface area contributed by atoms with Gasteiger partial charge in [-0.05, 0) is 6.92 Å². The van der Waals surface area contributed by atoms with Gasteiger partial charge in [0.15, 0.2) is 6.29 Å². The van der Waals surface area contributed by atoms with Gasteiger partial charge >= 0.3 is 5.97 Å². The Labute approximate surface area is 79.2 Å². The van der Waals surface area contributed by atoms with Crippen molar-refractivity contribution < 1.29 is 24.9 Å². The lowest BCUT2D eigenvalue weighted by atomic mass is 10.0. The number of carboxylic acid groups (broad SMARTS) is 1. The Hall–Kier alpha value is -2.04. The van der Waals surface area contributed by atoms with Crippen LogP contribution in [0, 0.1) is 6.92 Å². The molecule has 1 rings (SSSR count). The molecule has 5 nitrogen and oxygen atoms in total. The van der Waals surface area contributed by atoms with Crippen LogP contribution in [0.15, 0.2) is 6.07 Å². The Bertz CT molecular complexity index is 408. The van der Waals surface area contributed by atoms with E-state index in [1.807, 2.05) is 0 Å². The molecule has 1 aromatic carbocycles. The van der Waals surface area contributed by atoms with Gasteiger partial charge in [0, 0.05) is 11.6 Å². The molecule has 5 heteroatoms. The number of aldehydes is 1. The van der Waals surface area contributed by atoms with Gasteiger partial charge in [-0.25, -0.2) is 4.79 Å². The maximum Gasteiger partial charge on any atom is 0.336 e. The molecule has 0 saturated heterocycles. The van der Waals surface area contributed by atoms with Crippen LogP contribution in [0.5, 0.6) is 11.5 Å². The fourth-order valence-electron chi connectivity index (χ4n) is 1.17. The normalized spacial score (nSPS) is 9.79. The van der Waals surface area contributed by atoms with Crippen LogP contribution in [-0.4, -0.2) is 27.6 Å². The second-order valence-corrected chi connectivity index (χ2v) is 2.75. The van der Waals surface area contributed by atoms with Crippen molar-refractivity contribution in [1.29, 1.82) is 0 Å². The number of carbonyl (C=O) groups is 2. The van der Waals surface area contributed by atoms with Crippen LogP contribution in [0.3, 0.4) is 0 Å². The maximum absolute atomic E-state index is 10.7. The molecule has 3 N–H and O–H groups in total. The summed E-state index contributed by atoms with van der Waals surface area (Å²) in [5.74, 6) is -2.26. The summed E-state index contributed by atoms with van der Waals surface area (Å²) in [6.45, 7) is 1.35. The number of benzene rings is 1. The van der Waals surface area contributed by atoms with Gasteiger partial charge in [0.2, 0.25) is 0 Å². The third-order valence-corrected chi connectivity index (χ3v) is 1.91. The molecule has 1 aromatic rings. The Morgan fingerprint density at radius 1 is 1.36 bits per heavy atom. The second-order valence-electron chi connectivity index (χ2n) is 2.75. The molecule has 0 spiro atoms. The standard InChI is InChI=1S/C9H8O5/c1-4-6(11)2-7(12)5(3-10)8(4)9(13)14/h2-3,11-12H,1H3,(H,13,14). The SMILES string of the molecule is Cc1c(O)cc(O)c(C=O)c1C(=O)O. The predicted molar refractivity (Wildman–Crippen MR) is 46.9 cm³/mol. The minimum Gasteiger partial charge on any atom is -0.508 e. The van der Waals surface area contributed by atoms with E-state index in [0.717, 1.165) is 6.07 Å². The van der Waals surface area contributed by atoms with Crippen molar-refractivity contribution in [2.45, 2.75) is 6.92 Å². The van der Waals surface area contributed by atoms with Gasteiger partial charge in [0.05, 0.1) is 11.1 Å². The quantitative estimate of drug-likeness (QED) is 0.611. The van der Waals surface area contributed by atoms with Crippen LogP contribution < -0.4 is 0 Å². The number of hydrogen-bond donors (Lipinski definition) is 3. The third kappa shape index (κ3) is 1.39. The monoisotopic (exact) mass is 196 g/mol. The molecule has 14 heavy (non-hydrogen) atoms. The molecular formula is C9H8O5. The average Bonchev–Trinajstić information content (AvgIpc) is 2.10. The van der Waals surface area contributed by atoms with Crippen LogP contribution in [0.4, 0.5) is 0 Å². The number of aromatic carboxylic acids is 1. The first-order valence-electron chi connectivity index (χ1n) is 3.73. The molecule has 0 aliphatic carbocycles. The lowest BCUT2D eigenvalue weighted by Crippen LogP contribution is -2.05. The fourth-order valence-corrected chi connectivity index (χ4v) is 1.17. The highest BCUT2D eigenvalue weighted by molar-refractivity contribution is 6.01. The predicted octanol–water partition coefficient (Wildman–Crippen LogP) is 0.917. The van der Waals surface area contributed by atoms with Crippen molar-refractivity contribution in [2.75, 3.05) is 0 Å². The van der Waals surface area contributed by atoms with Crippen molar-refractivity contribution in [2.24, 2.45) is 0 Å². The summed E-state index contributed by atoms with van der Waals surface area (Å²) in [4.78, 5) is 21.2. The lowest BCUT2D eigenvalue weighted by molar-refractivity contribution is 0.0692. The lowest BCUT2D eigenvalue weighted by Gasteiger charge is -2.07. The van der Waals surface area contributed by atoms with Gasteiger partial charge in [-0.15, -0.1) is 0 Å². The number of phenolic OH excluding ortho intramolecular Hbond substituents is 2. The zero-order valence-electron chi connectivity index (χ0n) is 7.31. The van der Waals surface area contributed by atoms with Gasteiger partial charge in [-0.1, -0.05) is 0 Å². The van der Waals surface area contributed by atoms with Crippen molar-refractivity contribution in [3.05, 3.63) is 22.8 Å². The molecule has 0 bridgehead atoms. The number of rotatable bonds is 2. The maximum atomic E-state index is 10.7. The molecule has 0 aliphatic heterocycles. The summed E-state index contributed by atoms with van der Waals surface area (Å²) >= 11 is 0. The molecule has 0 saturated carbocycles. The minimum atomic E-state index is -1.36. The highest BCUT2D eigenvalue weighted by Gasteiger charge is 2.19. The van der Waals surface area contributed by atoms with E-state index in [1.165, 1.54) is 6.92 Å². The largest absolute Gasteiger partial charge is 0.508 e. The van der Waals surface area contributed by atoms with Crippen molar-refractivity contribution in [1.82, 2.24) is 0 Å². The molecule has 0 heterocycles. The summed E-state index contributed by atoms with van der Waals surface area (Å²) in [6.07, 6.45) is 0.241. The number of phenols is 2. The Kier molecular flexibility index (Phi) is 2.42. The Balaban J connectivity index is 3.64. The molecule has 0 atom stereocenters. The fraction of sp³-hybridized carbons (Fsp3) is 0.111. The summed E-state index contributed by atoms with van der Waals surface area (Å²) in [5.41, 5.74) is -0.650. The van der Waals surface area contributed by atoms with Gasteiger partial charge in [-0.3, -0.25) is 4.79 Å². The van der Waals surface area contributed by atoms with E-state index in [4.69, 9.17) is 5.11 Å². The number of hydrogen-bond acceptors (Lipinski definition) is 4. The summed E-state index contributed by atoms with van der Waals surface area (Å²) < 4.78 is 0. The Morgan fingerprint density at radius 3 is 2.36 bits per heavy atom. The smallest absolute Gasteiger partial charge is 0.336 e. The molecule has 0 aromatic heterocycles. The third-order valence-electron chi connectivity index (χ3n) is 1.91. The number of carboxylic acids is 1. The van der Waals surface area contributed by atoms with Crippen LogP contribution in [0.2, 0.25) is 0 Å².